The van der Waals surface area contributed by atoms with Gasteiger partial charge in [0.2, 0.25) is 11.8 Å². The average molecular weight is 1360 g/mol. The van der Waals surface area contributed by atoms with Crippen LogP contribution in [0, 0.1) is 19.5 Å². The molecule has 4 aromatic heterocycles. The Morgan fingerprint density at radius 2 is 1.18 bits per heavy atom. The van der Waals surface area contributed by atoms with Gasteiger partial charge in [-0.3, -0.25) is 28.8 Å². The summed E-state index contributed by atoms with van der Waals surface area (Å²) in [6, 6.07) is 14.6. The van der Waals surface area contributed by atoms with E-state index in [1.54, 1.807) is 36.4 Å². The molecule has 440 valence electrons. The molecule has 0 radical (unpaired) electrons. The van der Waals surface area contributed by atoms with Crippen molar-refractivity contribution in [2.24, 2.45) is 5.25 Å². The third-order valence-corrected chi connectivity index (χ3v) is 17.5. The lowest BCUT2D eigenvalue weighted by molar-refractivity contribution is -0.152. The third kappa shape index (κ3) is 18.1. The van der Waals surface area contributed by atoms with Gasteiger partial charge in [-0.2, -0.15) is 10.2 Å². The molecule has 0 aliphatic carbocycles. The lowest BCUT2D eigenvalue weighted by atomic mass is 10.2. The van der Waals surface area contributed by atoms with Crippen molar-refractivity contribution < 1.29 is 57.2 Å². The molecule has 2 unspecified atom stereocenters. The number of rotatable bonds is 17. The highest BCUT2D eigenvalue weighted by Gasteiger charge is 2.35. The summed E-state index contributed by atoms with van der Waals surface area (Å²) in [5.41, 5.74) is 1.98. The number of nitrogens with zero attached hydrogens (tertiary/aromatic N) is 8. The Morgan fingerprint density at radius 1 is 0.714 bits per heavy atom. The van der Waals surface area contributed by atoms with E-state index in [9.17, 15) is 42.7 Å². The predicted molar refractivity (Wildman–Crippen MR) is 323 cm³/mol. The number of esters is 2. The largest absolute Gasteiger partial charge is 0.481 e. The van der Waals surface area contributed by atoms with Gasteiger partial charge in [-0.25, -0.2) is 43.3 Å². The van der Waals surface area contributed by atoms with Gasteiger partial charge in [0.25, 0.3) is 0 Å². The standard InChI is InChI=1S/C22H15Cl2FN6O5S3.C22H13Cl2FN6O4S3.C4H8O.ClH2N/c23-11-4-13(25)15(5-12(11)24)29-19-10-3-9(1-2-14(10)26-8-27-19)28-17(32)7-31-22(37)39-21(30-31)38-16(20(35)36)6-18(33)34;23-11-4-13(25)15(5-12(11)24)29-19-10-3-9(1-2-14(10)26-8-27-19)28-17(32)7-31-22(36)38-21(30-31)37-16-6-18(33)35-20(16)34;1-2-4-5-3-1;1-2/h1-5,8,16H,6-7H2,(H,28,32)(H,33,34)(H,35,36)(H,26,27,29);1-5,8,16H,6-7H2,(H,28,32)(H,26,27,29);1-4H2;2H2. The number of halogens is 7. The summed E-state index contributed by atoms with van der Waals surface area (Å²) in [6.45, 7) is 1.53. The van der Waals surface area contributed by atoms with Crippen molar-refractivity contribution in [2.75, 3.05) is 34.5 Å². The number of aromatic nitrogens is 8. The molecule has 2 amide bonds. The first kappa shape index (κ1) is 65.2. The van der Waals surface area contributed by atoms with Crippen LogP contribution in [0.15, 0.2) is 82.0 Å². The Balaban J connectivity index is 0.000000216. The fourth-order valence-electron chi connectivity index (χ4n) is 7.14. The lowest BCUT2D eigenvalue weighted by Crippen LogP contribution is -2.21. The Kier molecular flexibility index (Phi) is 23.8. The van der Waals surface area contributed by atoms with Crippen LogP contribution in [-0.4, -0.2) is 109 Å². The Morgan fingerprint density at radius 3 is 1.61 bits per heavy atom. The molecule has 0 bridgehead atoms. The van der Waals surface area contributed by atoms with E-state index < -0.39 is 64.2 Å². The van der Waals surface area contributed by atoms with Crippen molar-refractivity contribution in [1.29, 1.82) is 0 Å². The number of anilines is 6. The van der Waals surface area contributed by atoms with Crippen LogP contribution in [0.4, 0.5) is 43.2 Å². The topological polar surface area (TPSA) is 323 Å². The smallest absolute Gasteiger partial charge is 0.327 e. The maximum atomic E-state index is 14.4. The van der Waals surface area contributed by atoms with Crippen LogP contribution in [0.25, 0.3) is 21.8 Å². The molecule has 0 spiro atoms. The van der Waals surface area contributed by atoms with Crippen LogP contribution in [0.1, 0.15) is 25.7 Å². The number of carbonyl (C=O) groups excluding carboxylic acids is 4. The summed E-state index contributed by atoms with van der Waals surface area (Å²) in [4.78, 5) is 87.5. The summed E-state index contributed by atoms with van der Waals surface area (Å²) >= 11 is 42.3. The first-order valence-corrected chi connectivity index (χ1v) is 29.7. The molecule has 2 atom stereocenters. The maximum Gasteiger partial charge on any atom is 0.327 e. The van der Waals surface area contributed by atoms with Gasteiger partial charge in [-0.15, -0.1) is 0 Å². The van der Waals surface area contributed by atoms with Gasteiger partial charge in [-0.1, -0.05) is 92.6 Å². The zero-order valence-corrected chi connectivity index (χ0v) is 50.8. The van der Waals surface area contributed by atoms with E-state index >= 15 is 0 Å². The summed E-state index contributed by atoms with van der Waals surface area (Å²) in [7, 11) is 0. The molecule has 4 aromatic carbocycles. The minimum atomic E-state index is -1.30. The number of fused-ring (bicyclic) bond motifs is 2. The van der Waals surface area contributed by atoms with E-state index in [1.165, 1.54) is 47.0 Å². The molecule has 2 saturated heterocycles. The number of nitrogens with one attached hydrogen (secondary N) is 4. The summed E-state index contributed by atoms with van der Waals surface area (Å²) in [5, 5.41) is 41.2. The minimum Gasteiger partial charge on any atom is -0.481 e. The highest BCUT2D eigenvalue weighted by Crippen LogP contribution is 2.36. The van der Waals surface area contributed by atoms with Gasteiger partial charge in [0.15, 0.2) is 16.6 Å². The molecule has 8 aromatic rings. The number of aliphatic carboxylic acids is 2. The van der Waals surface area contributed by atoms with Gasteiger partial charge in [0.05, 0.1) is 55.3 Å². The van der Waals surface area contributed by atoms with Crippen LogP contribution < -0.4 is 26.5 Å². The van der Waals surface area contributed by atoms with E-state index in [0.717, 1.165) is 71.5 Å². The number of nitrogens with two attached hydrogens (primary N) is 1. The van der Waals surface area contributed by atoms with Crippen molar-refractivity contribution in [1.82, 2.24) is 39.5 Å². The zero-order chi connectivity index (χ0) is 60.8. The summed E-state index contributed by atoms with van der Waals surface area (Å²) in [5.74, 6) is -5.41. The number of carboxylic acid groups (broad SMARTS) is 2. The van der Waals surface area contributed by atoms with E-state index in [1.807, 2.05) is 0 Å². The molecule has 23 nitrogen and oxygen atoms in total. The molecule has 36 heteroatoms. The minimum absolute atomic E-state index is 0.0407. The first-order chi connectivity index (χ1) is 40.2. The molecule has 2 fully saturated rings. The van der Waals surface area contributed by atoms with Gasteiger partial charge in [0.1, 0.15) is 59.5 Å². The number of cyclic esters (lactones) is 2. The summed E-state index contributed by atoms with van der Waals surface area (Å²) < 4.78 is 42.0. The summed E-state index contributed by atoms with van der Waals surface area (Å²) in [6.07, 6.45) is 4.52. The number of benzene rings is 4. The van der Waals surface area contributed by atoms with E-state index in [0.29, 0.717) is 41.5 Å². The monoisotopic (exact) mass is 1360 g/mol. The van der Waals surface area contributed by atoms with Crippen LogP contribution >= 0.6 is 129 Å². The van der Waals surface area contributed by atoms with Gasteiger partial charge in [-0.05, 0) is 110 Å². The Labute approximate surface area is 524 Å². The fourth-order valence-corrected chi connectivity index (χ4v) is 12.8. The van der Waals surface area contributed by atoms with Crippen LogP contribution in [-0.2, 0) is 51.3 Å². The van der Waals surface area contributed by atoms with E-state index in [2.05, 4.69) is 73.2 Å². The number of hydrogen-bond donors (Lipinski definition) is 7. The number of ether oxygens (including phenoxy) is 2. The maximum absolute atomic E-state index is 14.4. The molecule has 2 aliphatic heterocycles. The van der Waals surface area contributed by atoms with Crippen molar-refractivity contribution in [3.8, 4) is 0 Å². The SMILES string of the molecule is C1CCOC1.NCl.O=C(Cn1nc(SC2CC(=O)OC2=O)sc1=S)Nc1ccc2ncnc(Nc3cc(Cl)c(Cl)cc3F)c2c1.O=C(O)CC(Sc1nn(CC(=O)Nc2ccc3ncnc(Nc4cc(Cl)c(Cl)cc4F)c3c2)c(=S)s1)C(=O)O. The van der Waals surface area contributed by atoms with Crippen molar-refractivity contribution in [2.45, 2.75) is 58.0 Å². The molecular weight excluding hydrogens is 1330 g/mol. The van der Waals surface area contributed by atoms with E-state index in [4.69, 9.17) is 80.7 Å². The molecule has 6 heterocycles. The number of hydrogen-bond acceptors (Lipinski definition) is 23. The molecule has 2 aliphatic rings. The zero-order valence-electron chi connectivity index (χ0n) is 42.2. The highest BCUT2D eigenvalue weighted by molar-refractivity contribution is 8.02. The van der Waals surface area contributed by atoms with Gasteiger partial charge in [0, 0.05) is 35.4 Å². The van der Waals surface area contributed by atoms with Crippen LogP contribution in [0.3, 0.4) is 0 Å². The third-order valence-electron chi connectivity index (χ3n) is 10.9. The van der Waals surface area contributed by atoms with Crippen LogP contribution in [0.5, 0.6) is 0 Å². The predicted octanol–water partition coefficient (Wildman–Crippen LogP) is 11.7. The highest BCUT2D eigenvalue weighted by atomic mass is 35.5. The molecular formula is C48H38Cl5F2N13O10S6. The van der Waals surface area contributed by atoms with Gasteiger partial charge < -0.3 is 41.0 Å². The number of carbonyl (C=O) groups is 6. The molecule has 0 saturated carbocycles. The molecule has 8 N–H and O–H groups in total. The fraction of sp³-hybridized carbons (Fsp3) is 0.208. The second-order valence-electron chi connectivity index (χ2n) is 16.8. The van der Waals surface area contributed by atoms with Crippen molar-refractivity contribution in [3.05, 3.63) is 113 Å². The Bertz CT molecular complexity index is 3930. The quantitative estimate of drug-likeness (QED) is 0.0111. The molecule has 84 heavy (non-hydrogen) atoms. The van der Waals surface area contributed by atoms with Crippen molar-refractivity contribution in [3.63, 3.8) is 0 Å². The first-order valence-electron chi connectivity index (χ1n) is 23.6. The van der Waals surface area contributed by atoms with Crippen molar-refractivity contribution >= 4 is 221 Å². The normalized spacial score (nSPS) is 13.8. The second-order valence-corrected chi connectivity index (χ2v) is 24.6. The average Bonchev–Trinajstić information content (AvgIpc) is 4.34. The number of carboxylic acids is 2. The van der Waals surface area contributed by atoms with Gasteiger partial charge >= 0.3 is 23.9 Å². The second kappa shape index (κ2) is 30.7. The number of amides is 2. The number of thioether (sulfide) groups is 2. The Hall–Kier alpha value is -6.33. The lowest BCUT2D eigenvalue weighted by Gasteiger charge is -2.12. The van der Waals surface area contributed by atoms with E-state index in [-0.39, 0.29) is 70.9 Å². The molecule has 10 rings (SSSR count). The van der Waals surface area contributed by atoms with Crippen LogP contribution in [0.2, 0.25) is 20.1 Å².